The molecule has 2 rings (SSSR count). The zero-order valence-electron chi connectivity index (χ0n) is 7.37. The van der Waals surface area contributed by atoms with Gasteiger partial charge in [-0.15, -0.1) is 0 Å². The van der Waals surface area contributed by atoms with Gasteiger partial charge in [-0.3, -0.25) is 4.99 Å². The van der Waals surface area contributed by atoms with E-state index in [2.05, 4.69) is 10.3 Å². The summed E-state index contributed by atoms with van der Waals surface area (Å²) in [5.41, 5.74) is 6.07. The number of hydrogen-bond donors (Lipinski definition) is 3. The number of nitrogens with zero attached hydrogens (tertiary/aromatic N) is 1. The Kier molecular flexibility index (Phi) is 1.99. The van der Waals surface area contributed by atoms with Crippen molar-refractivity contribution in [3.05, 3.63) is 29.6 Å². The van der Waals surface area contributed by atoms with Crippen molar-refractivity contribution in [2.24, 2.45) is 10.7 Å². The van der Waals surface area contributed by atoms with Crippen LogP contribution in [0.4, 0.5) is 4.39 Å². The molecular formula is C9H10FN3O. The van der Waals surface area contributed by atoms with Crippen molar-refractivity contribution in [1.82, 2.24) is 5.32 Å². The van der Waals surface area contributed by atoms with Crippen LogP contribution in [0.5, 0.6) is 5.75 Å². The summed E-state index contributed by atoms with van der Waals surface area (Å²) in [4.78, 5) is 3.93. The molecule has 0 saturated carbocycles. The summed E-state index contributed by atoms with van der Waals surface area (Å²) in [7, 11) is 0. The first-order chi connectivity index (χ1) is 6.65. The van der Waals surface area contributed by atoms with Crippen molar-refractivity contribution >= 4 is 5.96 Å². The minimum atomic E-state index is -0.465. The summed E-state index contributed by atoms with van der Waals surface area (Å²) in [5, 5.41) is 12.1. The zero-order valence-corrected chi connectivity index (χ0v) is 7.37. The van der Waals surface area contributed by atoms with E-state index in [4.69, 9.17) is 5.73 Å². The van der Waals surface area contributed by atoms with E-state index in [1.807, 2.05) is 0 Å². The fourth-order valence-corrected chi connectivity index (χ4v) is 1.45. The number of nitrogens with one attached hydrogen (secondary N) is 1. The van der Waals surface area contributed by atoms with Crippen LogP contribution in [0.25, 0.3) is 0 Å². The monoisotopic (exact) mass is 195 g/mol. The van der Waals surface area contributed by atoms with Crippen LogP contribution >= 0.6 is 0 Å². The highest BCUT2D eigenvalue weighted by molar-refractivity contribution is 5.80. The van der Waals surface area contributed by atoms with Gasteiger partial charge >= 0.3 is 0 Å². The number of phenolic OH excluding ortho intramolecular Hbond substituents is 1. The molecule has 1 heterocycles. The summed E-state index contributed by atoms with van der Waals surface area (Å²) in [5.74, 6) is -0.210. The fraction of sp³-hybridized carbons (Fsp3) is 0.222. The molecule has 1 aromatic rings. The SMILES string of the molecule is NC1=NCC(c2cc(O)cc(F)c2)N1. The smallest absolute Gasteiger partial charge is 0.189 e. The van der Waals surface area contributed by atoms with Gasteiger partial charge in [0.05, 0.1) is 12.6 Å². The number of halogens is 1. The lowest BCUT2D eigenvalue weighted by Gasteiger charge is -2.11. The Morgan fingerprint density at radius 1 is 1.50 bits per heavy atom. The maximum atomic E-state index is 12.9. The second-order valence-electron chi connectivity index (χ2n) is 3.17. The highest BCUT2D eigenvalue weighted by Crippen LogP contribution is 2.22. The van der Waals surface area contributed by atoms with E-state index >= 15 is 0 Å². The molecule has 0 spiro atoms. The average Bonchev–Trinajstić information content (AvgIpc) is 2.50. The molecule has 74 valence electrons. The molecule has 1 atom stereocenters. The number of aromatic hydroxyl groups is 1. The van der Waals surface area contributed by atoms with Crippen molar-refractivity contribution in [1.29, 1.82) is 0 Å². The van der Waals surface area contributed by atoms with Gasteiger partial charge < -0.3 is 16.2 Å². The normalized spacial score (nSPS) is 20.4. The third-order valence-corrected chi connectivity index (χ3v) is 2.07. The molecule has 1 aliphatic rings. The Morgan fingerprint density at radius 2 is 2.29 bits per heavy atom. The molecule has 0 saturated heterocycles. The molecule has 0 bridgehead atoms. The van der Waals surface area contributed by atoms with Gasteiger partial charge in [0.1, 0.15) is 11.6 Å². The van der Waals surface area contributed by atoms with Gasteiger partial charge in [0.15, 0.2) is 5.96 Å². The number of guanidine groups is 1. The van der Waals surface area contributed by atoms with E-state index < -0.39 is 5.82 Å². The Morgan fingerprint density at radius 3 is 2.86 bits per heavy atom. The van der Waals surface area contributed by atoms with Crippen LogP contribution in [-0.4, -0.2) is 17.6 Å². The minimum Gasteiger partial charge on any atom is -0.508 e. The van der Waals surface area contributed by atoms with E-state index in [0.29, 0.717) is 18.1 Å². The van der Waals surface area contributed by atoms with Gasteiger partial charge in [-0.25, -0.2) is 4.39 Å². The van der Waals surface area contributed by atoms with Crippen molar-refractivity contribution in [2.45, 2.75) is 6.04 Å². The van der Waals surface area contributed by atoms with Crippen molar-refractivity contribution in [2.75, 3.05) is 6.54 Å². The number of rotatable bonds is 1. The van der Waals surface area contributed by atoms with Crippen LogP contribution < -0.4 is 11.1 Å². The van der Waals surface area contributed by atoms with Gasteiger partial charge in [0.25, 0.3) is 0 Å². The lowest BCUT2D eigenvalue weighted by Crippen LogP contribution is -2.29. The molecule has 0 aromatic heterocycles. The number of phenols is 1. The van der Waals surface area contributed by atoms with Crippen LogP contribution in [0.3, 0.4) is 0 Å². The highest BCUT2D eigenvalue weighted by Gasteiger charge is 2.18. The Labute approximate surface area is 80.3 Å². The largest absolute Gasteiger partial charge is 0.508 e. The molecule has 4 N–H and O–H groups in total. The summed E-state index contributed by atoms with van der Waals surface area (Å²) in [6.07, 6.45) is 0. The lowest BCUT2D eigenvalue weighted by atomic mass is 10.1. The second kappa shape index (κ2) is 3.17. The van der Waals surface area contributed by atoms with Crippen LogP contribution in [0.2, 0.25) is 0 Å². The molecule has 0 amide bonds. The van der Waals surface area contributed by atoms with E-state index in [1.165, 1.54) is 12.1 Å². The van der Waals surface area contributed by atoms with Gasteiger partial charge in [-0.1, -0.05) is 0 Å². The third kappa shape index (κ3) is 1.61. The summed E-state index contributed by atoms with van der Waals surface area (Å²) >= 11 is 0. The van der Waals surface area contributed by atoms with Crippen LogP contribution in [0.15, 0.2) is 23.2 Å². The van der Waals surface area contributed by atoms with Crippen LogP contribution in [-0.2, 0) is 0 Å². The second-order valence-corrected chi connectivity index (χ2v) is 3.17. The standard InChI is InChI=1S/C9H10FN3O/c10-6-1-5(2-7(14)3-6)8-4-12-9(11)13-8/h1-3,8,14H,4H2,(H3,11,12,13). The number of nitrogens with two attached hydrogens (primary N) is 1. The van der Waals surface area contributed by atoms with Crippen molar-refractivity contribution in [3.8, 4) is 5.75 Å². The van der Waals surface area contributed by atoms with Crippen molar-refractivity contribution in [3.63, 3.8) is 0 Å². The van der Waals surface area contributed by atoms with E-state index in [-0.39, 0.29) is 11.8 Å². The predicted molar refractivity (Wildman–Crippen MR) is 50.4 cm³/mol. The quantitative estimate of drug-likeness (QED) is 0.610. The summed E-state index contributed by atoms with van der Waals surface area (Å²) in [6.45, 7) is 0.467. The summed E-state index contributed by atoms with van der Waals surface area (Å²) in [6, 6.07) is 3.76. The maximum Gasteiger partial charge on any atom is 0.189 e. The number of benzene rings is 1. The number of aliphatic imine (C=N–C) groups is 1. The molecule has 14 heavy (non-hydrogen) atoms. The first kappa shape index (κ1) is 8.80. The van der Waals surface area contributed by atoms with E-state index in [1.54, 1.807) is 0 Å². The summed E-state index contributed by atoms with van der Waals surface area (Å²) < 4.78 is 12.9. The molecule has 5 heteroatoms. The van der Waals surface area contributed by atoms with E-state index in [9.17, 15) is 9.50 Å². The maximum absolute atomic E-state index is 12.9. The van der Waals surface area contributed by atoms with Gasteiger partial charge in [0.2, 0.25) is 0 Å². The van der Waals surface area contributed by atoms with Gasteiger partial charge in [-0.2, -0.15) is 0 Å². The first-order valence-corrected chi connectivity index (χ1v) is 4.21. The van der Waals surface area contributed by atoms with E-state index in [0.717, 1.165) is 6.07 Å². The molecule has 0 radical (unpaired) electrons. The van der Waals surface area contributed by atoms with Crippen LogP contribution in [0, 0.1) is 5.82 Å². The molecule has 0 aliphatic carbocycles. The molecule has 1 aliphatic heterocycles. The molecule has 1 aromatic carbocycles. The minimum absolute atomic E-state index is 0.0905. The van der Waals surface area contributed by atoms with Gasteiger partial charge in [-0.05, 0) is 17.7 Å². The highest BCUT2D eigenvalue weighted by atomic mass is 19.1. The Balaban J connectivity index is 2.25. The molecular weight excluding hydrogens is 185 g/mol. The number of hydrogen-bond acceptors (Lipinski definition) is 4. The van der Waals surface area contributed by atoms with Gasteiger partial charge in [0, 0.05) is 6.07 Å². The Bertz CT molecular complexity index is 371. The van der Waals surface area contributed by atoms with Crippen molar-refractivity contribution < 1.29 is 9.50 Å². The Hall–Kier alpha value is -1.78. The molecule has 0 fully saturated rings. The first-order valence-electron chi connectivity index (χ1n) is 4.21. The zero-order chi connectivity index (χ0) is 10.1. The third-order valence-electron chi connectivity index (χ3n) is 2.07. The topological polar surface area (TPSA) is 70.6 Å². The molecule has 1 unspecified atom stereocenters. The predicted octanol–water partition coefficient (Wildman–Crippen LogP) is 0.490. The lowest BCUT2D eigenvalue weighted by molar-refractivity contribution is 0.466. The molecule has 4 nitrogen and oxygen atoms in total. The van der Waals surface area contributed by atoms with Crippen LogP contribution in [0.1, 0.15) is 11.6 Å². The average molecular weight is 195 g/mol. The fourth-order valence-electron chi connectivity index (χ4n) is 1.45.